The molecule has 1 aliphatic rings. The van der Waals surface area contributed by atoms with Gasteiger partial charge in [0.1, 0.15) is 0 Å². The Labute approximate surface area is 126 Å². The summed E-state index contributed by atoms with van der Waals surface area (Å²) in [6, 6.07) is 0. The van der Waals surface area contributed by atoms with Crippen molar-refractivity contribution in [2.24, 2.45) is 0 Å². The molecule has 3 nitrogen and oxygen atoms in total. The summed E-state index contributed by atoms with van der Waals surface area (Å²) in [6.45, 7) is 19.2. The molecule has 1 rings (SSSR count). The van der Waals surface area contributed by atoms with Crippen LogP contribution in [0.1, 0.15) is 54.4 Å². The predicted molar refractivity (Wildman–Crippen MR) is 86.7 cm³/mol. The second kappa shape index (κ2) is 6.47. The molecular formula is C16H34O3Si. The SMILES string of the molecule is CCC1OC(C)(C)C[C@H]1OCCO[Si](C)(C)C(C)(C)C. The van der Waals surface area contributed by atoms with Crippen LogP contribution in [0.15, 0.2) is 0 Å². The van der Waals surface area contributed by atoms with E-state index in [4.69, 9.17) is 13.9 Å². The summed E-state index contributed by atoms with van der Waals surface area (Å²) < 4.78 is 18.2. The first kappa shape index (κ1) is 18.1. The van der Waals surface area contributed by atoms with E-state index in [1.165, 1.54) is 0 Å². The van der Waals surface area contributed by atoms with Gasteiger partial charge in [0, 0.05) is 6.42 Å². The Bertz CT molecular complexity index is 307. The molecule has 1 fully saturated rings. The smallest absolute Gasteiger partial charge is 0.192 e. The molecule has 20 heavy (non-hydrogen) atoms. The topological polar surface area (TPSA) is 27.7 Å². The molecule has 0 bridgehead atoms. The van der Waals surface area contributed by atoms with Crippen molar-refractivity contribution < 1.29 is 13.9 Å². The van der Waals surface area contributed by atoms with Crippen molar-refractivity contribution in [1.29, 1.82) is 0 Å². The van der Waals surface area contributed by atoms with Crippen molar-refractivity contribution in [3.63, 3.8) is 0 Å². The zero-order valence-corrected chi connectivity index (χ0v) is 15.7. The van der Waals surface area contributed by atoms with E-state index >= 15 is 0 Å². The maximum absolute atomic E-state index is 6.15. The summed E-state index contributed by atoms with van der Waals surface area (Å²) in [6.07, 6.45) is 2.44. The largest absolute Gasteiger partial charge is 0.414 e. The Kier molecular flexibility index (Phi) is 5.87. The van der Waals surface area contributed by atoms with Gasteiger partial charge in [-0.05, 0) is 38.4 Å². The summed E-state index contributed by atoms with van der Waals surface area (Å²) in [5.41, 5.74) is -0.0500. The molecule has 120 valence electrons. The van der Waals surface area contributed by atoms with Crippen molar-refractivity contribution in [2.75, 3.05) is 13.2 Å². The molecule has 1 unspecified atom stereocenters. The van der Waals surface area contributed by atoms with E-state index in [2.05, 4.69) is 54.6 Å². The van der Waals surface area contributed by atoms with Crippen LogP contribution in [0.25, 0.3) is 0 Å². The molecule has 2 atom stereocenters. The Hall–Kier alpha value is 0.0969. The fourth-order valence-electron chi connectivity index (χ4n) is 2.38. The first-order valence-electron chi connectivity index (χ1n) is 7.92. The second-order valence-electron chi connectivity index (χ2n) is 8.05. The normalized spacial score (nSPS) is 27.0. The summed E-state index contributed by atoms with van der Waals surface area (Å²) in [5, 5.41) is 0.261. The lowest BCUT2D eigenvalue weighted by Crippen LogP contribution is -2.41. The van der Waals surface area contributed by atoms with E-state index in [0.29, 0.717) is 13.2 Å². The lowest BCUT2D eigenvalue weighted by Gasteiger charge is -2.36. The molecule has 4 heteroatoms. The maximum atomic E-state index is 6.15. The van der Waals surface area contributed by atoms with Crippen LogP contribution in [0.2, 0.25) is 18.1 Å². The molecule has 0 aromatic heterocycles. The molecule has 1 aliphatic heterocycles. The van der Waals surface area contributed by atoms with E-state index in [1.54, 1.807) is 0 Å². The van der Waals surface area contributed by atoms with Crippen LogP contribution in [-0.4, -0.2) is 39.3 Å². The Balaban J connectivity index is 2.35. The first-order valence-corrected chi connectivity index (χ1v) is 10.8. The lowest BCUT2D eigenvalue weighted by molar-refractivity contribution is -0.0516. The maximum Gasteiger partial charge on any atom is 0.192 e. The van der Waals surface area contributed by atoms with Crippen LogP contribution < -0.4 is 0 Å². The molecule has 0 aromatic rings. The Morgan fingerprint density at radius 1 is 1.20 bits per heavy atom. The van der Waals surface area contributed by atoms with Crippen molar-refractivity contribution in [3.8, 4) is 0 Å². The van der Waals surface area contributed by atoms with Crippen LogP contribution in [0, 0.1) is 0 Å². The third kappa shape index (κ3) is 4.83. The minimum absolute atomic E-state index is 0.0500. The van der Waals surface area contributed by atoms with E-state index in [1.807, 2.05) is 0 Å². The first-order chi connectivity index (χ1) is 8.98. The van der Waals surface area contributed by atoms with Gasteiger partial charge >= 0.3 is 0 Å². The van der Waals surface area contributed by atoms with Gasteiger partial charge in [0.2, 0.25) is 0 Å². The molecule has 1 saturated heterocycles. The fourth-order valence-corrected chi connectivity index (χ4v) is 3.40. The van der Waals surface area contributed by atoms with Crippen molar-refractivity contribution >= 4 is 8.32 Å². The van der Waals surface area contributed by atoms with Crippen LogP contribution in [0.3, 0.4) is 0 Å². The quantitative estimate of drug-likeness (QED) is 0.538. The highest BCUT2D eigenvalue weighted by atomic mass is 28.4. The zero-order valence-electron chi connectivity index (χ0n) is 14.7. The third-order valence-electron chi connectivity index (χ3n) is 4.66. The lowest BCUT2D eigenvalue weighted by atomic mass is 10.0. The van der Waals surface area contributed by atoms with Crippen LogP contribution in [0.4, 0.5) is 0 Å². The minimum atomic E-state index is -1.65. The molecular weight excluding hydrogens is 268 g/mol. The highest BCUT2D eigenvalue weighted by Crippen LogP contribution is 2.36. The van der Waals surface area contributed by atoms with Gasteiger partial charge in [-0.2, -0.15) is 0 Å². The van der Waals surface area contributed by atoms with Gasteiger partial charge in [-0.3, -0.25) is 0 Å². The average molecular weight is 303 g/mol. The molecule has 0 radical (unpaired) electrons. The summed E-state index contributed by atoms with van der Waals surface area (Å²) in [4.78, 5) is 0. The standard InChI is InChI=1S/C16H34O3Si/c1-9-13-14(12-16(5,6)19-13)17-10-11-18-20(7,8)15(2,3)4/h13-14H,9-12H2,1-8H3/t13?,14-/m1/s1. The molecule has 0 amide bonds. The molecule has 0 aliphatic carbocycles. The van der Waals surface area contributed by atoms with E-state index in [9.17, 15) is 0 Å². The van der Waals surface area contributed by atoms with Gasteiger partial charge in [0.05, 0.1) is 31.0 Å². The fraction of sp³-hybridized carbons (Fsp3) is 1.00. The molecule has 0 N–H and O–H groups in total. The van der Waals surface area contributed by atoms with Gasteiger partial charge in [-0.1, -0.05) is 27.7 Å². The van der Waals surface area contributed by atoms with Gasteiger partial charge in [0.15, 0.2) is 8.32 Å². The van der Waals surface area contributed by atoms with Gasteiger partial charge < -0.3 is 13.9 Å². The molecule has 0 saturated carbocycles. The monoisotopic (exact) mass is 302 g/mol. The number of hydrogen-bond acceptors (Lipinski definition) is 3. The zero-order chi connectivity index (χ0) is 15.6. The molecule has 0 spiro atoms. The van der Waals surface area contributed by atoms with Gasteiger partial charge in [-0.15, -0.1) is 0 Å². The average Bonchev–Trinajstić information content (AvgIpc) is 2.58. The third-order valence-corrected chi connectivity index (χ3v) is 9.20. The Morgan fingerprint density at radius 2 is 1.80 bits per heavy atom. The minimum Gasteiger partial charge on any atom is -0.414 e. The number of ether oxygens (including phenoxy) is 2. The summed E-state index contributed by atoms with van der Waals surface area (Å²) in [5.74, 6) is 0. The van der Waals surface area contributed by atoms with Crippen LogP contribution in [-0.2, 0) is 13.9 Å². The number of rotatable bonds is 6. The van der Waals surface area contributed by atoms with Gasteiger partial charge in [0.25, 0.3) is 0 Å². The van der Waals surface area contributed by atoms with Gasteiger partial charge in [-0.25, -0.2) is 0 Å². The molecule has 1 heterocycles. The summed E-state index contributed by atoms with van der Waals surface area (Å²) in [7, 11) is -1.65. The van der Waals surface area contributed by atoms with E-state index in [0.717, 1.165) is 12.8 Å². The van der Waals surface area contributed by atoms with Crippen LogP contribution >= 0.6 is 0 Å². The predicted octanol–water partition coefficient (Wildman–Crippen LogP) is 4.37. The van der Waals surface area contributed by atoms with Crippen molar-refractivity contribution in [1.82, 2.24) is 0 Å². The Morgan fingerprint density at radius 3 is 2.30 bits per heavy atom. The highest BCUT2D eigenvalue weighted by Gasteiger charge is 2.40. The highest BCUT2D eigenvalue weighted by molar-refractivity contribution is 6.74. The van der Waals surface area contributed by atoms with Crippen molar-refractivity contribution in [3.05, 3.63) is 0 Å². The van der Waals surface area contributed by atoms with E-state index < -0.39 is 8.32 Å². The second-order valence-corrected chi connectivity index (χ2v) is 12.9. The summed E-state index contributed by atoms with van der Waals surface area (Å²) >= 11 is 0. The number of hydrogen-bond donors (Lipinski definition) is 0. The van der Waals surface area contributed by atoms with E-state index in [-0.39, 0.29) is 22.8 Å². The van der Waals surface area contributed by atoms with Crippen molar-refractivity contribution in [2.45, 2.75) is 90.3 Å². The molecule has 0 aromatic carbocycles. The van der Waals surface area contributed by atoms with Crippen LogP contribution in [0.5, 0.6) is 0 Å².